The van der Waals surface area contributed by atoms with Crippen molar-refractivity contribution >= 4 is 23.2 Å². The Kier molecular flexibility index (Phi) is 6.16. The van der Waals surface area contributed by atoms with E-state index in [0.29, 0.717) is 5.57 Å². The molecule has 2 aliphatic heterocycles. The van der Waals surface area contributed by atoms with Gasteiger partial charge in [-0.15, -0.1) is 0 Å². The maximum absolute atomic E-state index is 12.8. The van der Waals surface area contributed by atoms with Gasteiger partial charge in [0.2, 0.25) is 0 Å². The van der Waals surface area contributed by atoms with E-state index >= 15 is 0 Å². The minimum Gasteiger partial charge on any atom is -0.379 e. The minimum atomic E-state index is -0.0456. The van der Waals surface area contributed by atoms with Crippen LogP contribution in [0, 0.1) is 13.8 Å². The molecule has 5 rings (SSSR count). The normalized spacial score (nSPS) is 17.4. The van der Waals surface area contributed by atoms with E-state index < -0.39 is 0 Å². The Bertz CT molecular complexity index is 1190. The van der Waals surface area contributed by atoms with Crippen LogP contribution in [0.25, 0.3) is 22.8 Å². The van der Waals surface area contributed by atoms with Gasteiger partial charge in [-0.1, -0.05) is 42.5 Å². The van der Waals surface area contributed by atoms with E-state index in [-0.39, 0.29) is 5.91 Å². The molecule has 1 amide bonds. The fourth-order valence-electron chi connectivity index (χ4n) is 4.93. The number of amides is 1. The minimum absolute atomic E-state index is 0.0456. The average molecular weight is 442 g/mol. The molecule has 0 atom stereocenters. The van der Waals surface area contributed by atoms with Gasteiger partial charge in [-0.05, 0) is 67.6 Å². The van der Waals surface area contributed by atoms with Crippen LogP contribution >= 0.6 is 0 Å². The fourth-order valence-corrected chi connectivity index (χ4v) is 4.93. The van der Waals surface area contributed by atoms with Gasteiger partial charge in [0.1, 0.15) is 0 Å². The number of anilines is 1. The number of nitrogens with zero attached hydrogens (tertiary/aromatic N) is 1. The van der Waals surface area contributed by atoms with E-state index in [0.717, 1.165) is 73.8 Å². The summed E-state index contributed by atoms with van der Waals surface area (Å²) in [5.74, 6) is -0.0456. The molecule has 1 saturated heterocycles. The van der Waals surface area contributed by atoms with Crippen molar-refractivity contribution in [3.63, 3.8) is 0 Å². The highest BCUT2D eigenvalue weighted by atomic mass is 16.5. The number of hydrogen-bond acceptors (Lipinski definition) is 3. The van der Waals surface area contributed by atoms with Crippen LogP contribution in [0.4, 0.5) is 5.69 Å². The van der Waals surface area contributed by atoms with Crippen molar-refractivity contribution in [1.29, 1.82) is 0 Å². The van der Waals surface area contributed by atoms with Crippen molar-refractivity contribution in [2.45, 2.75) is 26.7 Å². The number of nitrogens with one attached hydrogen (secondary N) is 2. The number of fused-ring (bicyclic) bond motifs is 1. The van der Waals surface area contributed by atoms with Crippen LogP contribution in [0.5, 0.6) is 0 Å². The lowest BCUT2D eigenvalue weighted by atomic mass is 9.99. The first kappa shape index (κ1) is 21.7. The summed E-state index contributed by atoms with van der Waals surface area (Å²) in [6.07, 6.45) is 4.18. The van der Waals surface area contributed by atoms with Gasteiger partial charge in [0.15, 0.2) is 0 Å². The van der Waals surface area contributed by atoms with Crippen LogP contribution in [0.15, 0.2) is 48.5 Å². The monoisotopic (exact) mass is 441 g/mol. The van der Waals surface area contributed by atoms with Crippen molar-refractivity contribution in [3.05, 3.63) is 76.6 Å². The van der Waals surface area contributed by atoms with Crippen LogP contribution in [-0.2, 0) is 16.0 Å². The predicted octanol–water partition coefficient (Wildman–Crippen LogP) is 5.06. The molecule has 3 heterocycles. The molecule has 0 aliphatic carbocycles. The number of ether oxygens (including phenoxy) is 1. The molecule has 2 N–H and O–H groups in total. The topological polar surface area (TPSA) is 57.4 Å². The molecule has 33 heavy (non-hydrogen) atoms. The lowest BCUT2D eigenvalue weighted by molar-refractivity contribution is -0.110. The first-order valence-corrected chi connectivity index (χ1v) is 11.8. The SMILES string of the molecule is Cc1[nH]c(/C=C2\C(=O)Nc3cc(-c4ccccc4)ccc32)c(C)c1CCCN1CCOCC1. The number of aromatic nitrogens is 1. The molecule has 3 aromatic rings. The summed E-state index contributed by atoms with van der Waals surface area (Å²) in [6.45, 7) is 9.14. The van der Waals surface area contributed by atoms with Gasteiger partial charge in [-0.2, -0.15) is 0 Å². The third-order valence-electron chi connectivity index (χ3n) is 6.83. The Morgan fingerprint density at radius 1 is 1.03 bits per heavy atom. The lowest BCUT2D eigenvalue weighted by Gasteiger charge is -2.26. The van der Waals surface area contributed by atoms with E-state index in [1.54, 1.807) is 0 Å². The number of aryl methyl sites for hydroxylation is 1. The standard InChI is InChI=1S/C28H31N3O2/c1-19-23(9-6-12-31-13-15-33-16-14-31)20(2)29-26(19)18-25-24-11-10-22(17-27(24)30-28(25)32)21-7-4-3-5-8-21/h3-5,7-8,10-11,17-18,29H,6,9,12-16H2,1-2H3,(H,30,32)/b25-18-. The average Bonchev–Trinajstić information content (AvgIpc) is 3.30. The zero-order valence-electron chi connectivity index (χ0n) is 19.4. The first-order valence-electron chi connectivity index (χ1n) is 11.8. The van der Waals surface area contributed by atoms with E-state index in [1.165, 1.54) is 16.8 Å². The zero-order valence-corrected chi connectivity index (χ0v) is 19.4. The molecule has 1 aromatic heterocycles. The molecule has 2 aromatic carbocycles. The lowest BCUT2D eigenvalue weighted by Crippen LogP contribution is -2.36. The number of hydrogen-bond donors (Lipinski definition) is 2. The third-order valence-corrected chi connectivity index (χ3v) is 6.83. The van der Waals surface area contributed by atoms with Crippen LogP contribution in [0.1, 0.15) is 34.5 Å². The second-order valence-electron chi connectivity index (χ2n) is 8.96. The summed E-state index contributed by atoms with van der Waals surface area (Å²) >= 11 is 0. The molecule has 0 unspecified atom stereocenters. The molecule has 0 bridgehead atoms. The number of aromatic amines is 1. The number of carbonyl (C=O) groups is 1. The van der Waals surface area contributed by atoms with E-state index in [2.05, 4.69) is 59.4 Å². The summed E-state index contributed by atoms with van der Waals surface area (Å²) in [5.41, 5.74) is 9.62. The van der Waals surface area contributed by atoms with Gasteiger partial charge < -0.3 is 15.0 Å². The van der Waals surface area contributed by atoms with Crippen LogP contribution in [0.2, 0.25) is 0 Å². The Balaban J connectivity index is 1.35. The van der Waals surface area contributed by atoms with Crippen molar-refractivity contribution in [2.24, 2.45) is 0 Å². The Hall–Kier alpha value is -3.15. The van der Waals surface area contributed by atoms with E-state index in [4.69, 9.17) is 4.74 Å². The molecular weight excluding hydrogens is 410 g/mol. The second kappa shape index (κ2) is 9.38. The highest BCUT2D eigenvalue weighted by molar-refractivity contribution is 6.35. The molecular formula is C28H31N3O2. The Labute approximate surface area is 195 Å². The molecule has 170 valence electrons. The van der Waals surface area contributed by atoms with Gasteiger partial charge in [-0.25, -0.2) is 0 Å². The van der Waals surface area contributed by atoms with Crippen LogP contribution < -0.4 is 5.32 Å². The second-order valence-corrected chi connectivity index (χ2v) is 8.96. The quantitative estimate of drug-likeness (QED) is 0.526. The van der Waals surface area contributed by atoms with Crippen LogP contribution in [-0.4, -0.2) is 48.6 Å². The predicted molar refractivity (Wildman–Crippen MR) is 134 cm³/mol. The number of rotatable bonds is 6. The Morgan fingerprint density at radius 3 is 2.61 bits per heavy atom. The summed E-state index contributed by atoms with van der Waals surface area (Å²) in [7, 11) is 0. The summed E-state index contributed by atoms with van der Waals surface area (Å²) in [5, 5.41) is 3.05. The molecule has 5 nitrogen and oxygen atoms in total. The van der Waals surface area contributed by atoms with Crippen molar-refractivity contribution in [3.8, 4) is 11.1 Å². The Morgan fingerprint density at radius 2 is 1.82 bits per heavy atom. The van der Waals surface area contributed by atoms with Gasteiger partial charge in [0, 0.05) is 35.7 Å². The molecule has 1 fully saturated rings. The maximum atomic E-state index is 12.8. The van der Waals surface area contributed by atoms with E-state index in [9.17, 15) is 4.79 Å². The maximum Gasteiger partial charge on any atom is 0.256 e. The fraction of sp³-hybridized carbons (Fsp3) is 0.321. The highest BCUT2D eigenvalue weighted by Gasteiger charge is 2.25. The van der Waals surface area contributed by atoms with Gasteiger partial charge in [-0.3, -0.25) is 9.69 Å². The first-order chi connectivity index (χ1) is 16.1. The van der Waals surface area contributed by atoms with Gasteiger partial charge in [0.25, 0.3) is 5.91 Å². The number of morpholine rings is 1. The van der Waals surface area contributed by atoms with Gasteiger partial charge in [0.05, 0.1) is 18.8 Å². The molecule has 2 aliphatic rings. The summed E-state index contributed by atoms with van der Waals surface area (Å²) in [6, 6.07) is 16.4. The van der Waals surface area contributed by atoms with Crippen molar-refractivity contribution in [2.75, 3.05) is 38.2 Å². The van der Waals surface area contributed by atoms with Crippen LogP contribution in [0.3, 0.4) is 0 Å². The molecule has 0 spiro atoms. The molecule has 5 heteroatoms. The molecule has 0 saturated carbocycles. The summed E-state index contributed by atoms with van der Waals surface area (Å²) in [4.78, 5) is 18.8. The number of carbonyl (C=O) groups excluding carboxylic acids is 1. The third kappa shape index (κ3) is 4.52. The van der Waals surface area contributed by atoms with Crippen molar-refractivity contribution < 1.29 is 9.53 Å². The van der Waals surface area contributed by atoms with E-state index in [1.807, 2.05) is 24.3 Å². The summed E-state index contributed by atoms with van der Waals surface area (Å²) < 4.78 is 5.45. The number of H-pyrrole nitrogens is 1. The van der Waals surface area contributed by atoms with Crippen molar-refractivity contribution in [1.82, 2.24) is 9.88 Å². The largest absolute Gasteiger partial charge is 0.379 e. The van der Waals surface area contributed by atoms with Gasteiger partial charge >= 0.3 is 0 Å². The highest BCUT2D eigenvalue weighted by Crippen LogP contribution is 2.37. The number of benzene rings is 2. The zero-order chi connectivity index (χ0) is 22.8. The molecule has 0 radical (unpaired) electrons. The smallest absolute Gasteiger partial charge is 0.256 e.